The van der Waals surface area contributed by atoms with Crippen LogP contribution in [0.2, 0.25) is 0 Å². The zero-order valence-corrected chi connectivity index (χ0v) is 15.6. The van der Waals surface area contributed by atoms with Crippen LogP contribution in [0, 0.1) is 0 Å². The van der Waals surface area contributed by atoms with Gasteiger partial charge in [-0.25, -0.2) is 0 Å². The lowest BCUT2D eigenvalue weighted by Crippen LogP contribution is -2.50. The molecule has 0 unspecified atom stereocenters. The number of hydrogen-bond acceptors (Lipinski definition) is 4. The van der Waals surface area contributed by atoms with Crippen LogP contribution in [0.15, 0.2) is 36.4 Å². The summed E-state index contributed by atoms with van der Waals surface area (Å²) in [6, 6.07) is 10.9. The summed E-state index contributed by atoms with van der Waals surface area (Å²) in [7, 11) is 0. The van der Waals surface area contributed by atoms with Crippen LogP contribution in [0.5, 0.6) is 11.5 Å². The van der Waals surface area contributed by atoms with Gasteiger partial charge in [0.25, 0.3) is 11.8 Å². The summed E-state index contributed by atoms with van der Waals surface area (Å²) in [5, 5.41) is 6.89. The Bertz CT molecular complexity index is 1190. The van der Waals surface area contributed by atoms with Crippen LogP contribution in [-0.2, 0) is 5.41 Å². The molecule has 0 saturated heterocycles. The average molecular weight is 389 g/mol. The molecule has 1 aliphatic carbocycles. The van der Waals surface area contributed by atoms with Gasteiger partial charge in [-0.05, 0) is 48.7 Å². The summed E-state index contributed by atoms with van der Waals surface area (Å²) in [6.07, 6.45) is 3.27. The Hall–Kier alpha value is -3.48. The van der Waals surface area contributed by atoms with E-state index in [0.717, 1.165) is 35.7 Å². The molecule has 1 fully saturated rings. The van der Waals surface area contributed by atoms with E-state index in [0.29, 0.717) is 35.0 Å². The molecule has 29 heavy (non-hydrogen) atoms. The van der Waals surface area contributed by atoms with Crippen LogP contribution >= 0.6 is 0 Å². The van der Waals surface area contributed by atoms with E-state index in [9.17, 15) is 9.59 Å². The number of nitrogens with one attached hydrogen (secondary N) is 3. The molecule has 1 spiro atoms. The predicted molar refractivity (Wildman–Crippen MR) is 107 cm³/mol. The molecule has 6 rings (SSSR count). The van der Waals surface area contributed by atoms with Crippen molar-refractivity contribution in [2.45, 2.75) is 24.7 Å². The Kier molecular flexibility index (Phi) is 3.27. The third-order valence-corrected chi connectivity index (χ3v) is 6.35. The zero-order valence-electron chi connectivity index (χ0n) is 15.6. The van der Waals surface area contributed by atoms with Crippen molar-refractivity contribution in [3.8, 4) is 11.5 Å². The van der Waals surface area contributed by atoms with Gasteiger partial charge in [-0.15, -0.1) is 0 Å². The first-order valence-corrected chi connectivity index (χ1v) is 9.78. The monoisotopic (exact) mass is 389 g/mol. The molecule has 3 aromatic rings. The van der Waals surface area contributed by atoms with Gasteiger partial charge in [0.2, 0.25) is 6.79 Å². The van der Waals surface area contributed by atoms with Gasteiger partial charge in [0.1, 0.15) is 5.69 Å². The molecule has 7 nitrogen and oxygen atoms in total. The molecular weight excluding hydrogens is 370 g/mol. The van der Waals surface area contributed by atoms with Gasteiger partial charge in [0.15, 0.2) is 11.5 Å². The molecule has 3 heterocycles. The van der Waals surface area contributed by atoms with Crippen molar-refractivity contribution in [1.29, 1.82) is 0 Å². The Labute approximate surface area is 166 Å². The number of ether oxygens (including phenoxy) is 2. The van der Waals surface area contributed by atoms with Gasteiger partial charge in [0.05, 0.1) is 0 Å². The number of benzene rings is 2. The fraction of sp³-hybridized carbons (Fsp3) is 0.273. The molecule has 2 amide bonds. The van der Waals surface area contributed by atoms with E-state index < -0.39 is 0 Å². The molecule has 1 saturated carbocycles. The molecule has 146 valence electrons. The first kappa shape index (κ1) is 16.5. The maximum atomic E-state index is 12.9. The molecule has 3 aliphatic rings. The minimum Gasteiger partial charge on any atom is -0.454 e. The number of hydrogen-bond donors (Lipinski definition) is 3. The van der Waals surface area contributed by atoms with Gasteiger partial charge in [-0.2, -0.15) is 0 Å². The van der Waals surface area contributed by atoms with E-state index in [-0.39, 0.29) is 24.0 Å². The number of rotatable bonds is 2. The number of fused-ring (bicyclic) bond motifs is 5. The lowest BCUT2D eigenvalue weighted by molar-refractivity contribution is 0.0892. The highest BCUT2D eigenvalue weighted by Crippen LogP contribution is 2.49. The highest BCUT2D eigenvalue weighted by Gasteiger charge is 2.46. The normalized spacial score (nSPS) is 18.3. The number of aromatic amines is 1. The molecule has 7 heteroatoms. The second-order valence-corrected chi connectivity index (χ2v) is 7.97. The largest absolute Gasteiger partial charge is 0.454 e. The SMILES string of the molecule is O=C(Nc1ccc2c(c1)OCO2)c1ccc2[nH]c3c(c2c1)C1(CCC1)CNC3=O. The Morgan fingerprint density at radius 2 is 1.93 bits per heavy atom. The molecule has 2 aliphatic heterocycles. The van der Waals surface area contributed by atoms with Crippen molar-refractivity contribution >= 4 is 28.4 Å². The maximum Gasteiger partial charge on any atom is 0.268 e. The topological polar surface area (TPSA) is 92.4 Å². The van der Waals surface area contributed by atoms with Gasteiger partial charge < -0.3 is 25.1 Å². The smallest absolute Gasteiger partial charge is 0.268 e. The summed E-state index contributed by atoms with van der Waals surface area (Å²) in [4.78, 5) is 28.5. The lowest BCUT2D eigenvalue weighted by atomic mass is 9.62. The second kappa shape index (κ2) is 5.76. The molecule has 1 aromatic heterocycles. The van der Waals surface area contributed by atoms with Gasteiger partial charge in [0, 0.05) is 40.2 Å². The van der Waals surface area contributed by atoms with Gasteiger partial charge >= 0.3 is 0 Å². The lowest BCUT2D eigenvalue weighted by Gasteiger charge is -2.45. The maximum absolute atomic E-state index is 12.9. The van der Waals surface area contributed by atoms with Crippen LogP contribution in [0.25, 0.3) is 10.9 Å². The number of amides is 2. The molecule has 0 atom stereocenters. The van der Waals surface area contributed by atoms with E-state index in [2.05, 4.69) is 15.6 Å². The highest BCUT2D eigenvalue weighted by atomic mass is 16.7. The number of H-pyrrole nitrogens is 1. The Morgan fingerprint density at radius 3 is 2.76 bits per heavy atom. The minimum absolute atomic E-state index is 0.00604. The fourth-order valence-corrected chi connectivity index (χ4v) is 4.69. The van der Waals surface area contributed by atoms with E-state index in [1.54, 1.807) is 24.3 Å². The summed E-state index contributed by atoms with van der Waals surface area (Å²) in [6.45, 7) is 0.858. The van der Waals surface area contributed by atoms with E-state index >= 15 is 0 Å². The molecule has 2 aromatic carbocycles. The number of carbonyl (C=O) groups is 2. The first-order valence-electron chi connectivity index (χ1n) is 9.78. The third-order valence-electron chi connectivity index (χ3n) is 6.35. The molecular formula is C22H19N3O4. The molecule has 3 N–H and O–H groups in total. The van der Waals surface area contributed by atoms with E-state index in [1.807, 2.05) is 12.1 Å². The van der Waals surface area contributed by atoms with Crippen molar-refractivity contribution in [1.82, 2.24) is 10.3 Å². The number of carbonyl (C=O) groups excluding carboxylic acids is 2. The molecule has 0 radical (unpaired) electrons. The third kappa shape index (κ3) is 2.36. The summed E-state index contributed by atoms with van der Waals surface area (Å²) in [5.41, 5.74) is 3.79. The second-order valence-electron chi connectivity index (χ2n) is 7.97. The van der Waals surface area contributed by atoms with Crippen LogP contribution in [0.4, 0.5) is 5.69 Å². The van der Waals surface area contributed by atoms with Gasteiger partial charge in [-0.3, -0.25) is 9.59 Å². The summed E-state index contributed by atoms with van der Waals surface area (Å²) in [5.74, 6) is 1.02. The summed E-state index contributed by atoms with van der Waals surface area (Å²) < 4.78 is 10.7. The molecule has 0 bridgehead atoms. The van der Waals surface area contributed by atoms with E-state index in [4.69, 9.17) is 9.47 Å². The van der Waals surface area contributed by atoms with Crippen molar-refractivity contribution in [3.63, 3.8) is 0 Å². The van der Waals surface area contributed by atoms with Crippen molar-refractivity contribution < 1.29 is 19.1 Å². The van der Waals surface area contributed by atoms with Crippen molar-refractivity contribution in [3.05, 3.63) is 53.2 Å². The van der Waals surface area contributed by atoms with Crippen LogP contribution in [0.1, 0.15) is 45.7 Å². The zero-order chi connectivity index (χ0) is 19.6. The average Bonchev–Trinajstić information content (AvgIpc) is 3.31. The van der Waals surface area contributed by atoms with Crippen LogP contribution in [-0.4, -0.2) is 30.1 Å². The minimum atomic E-state index is -0.205. The summed E-state index contributed by atoms with van der Waals surface area (Å²) >= 11 is 0. The van der Waals surface area contributed by atoms with Gasteiger partial charge in [-0.1, -0.05) is 6.42 Å². The fourth-order valence-electron chi connectivity index (χ4n) is 4.69. The first-order chi connectivity index (χ1) is 14.1. The van der Waals surface area contributed by atoms with Crippen LogP contribution in [0.3, 0.4) is 0 Å². The van der Waals surface area contributed by atoms with E-state index in [1.165, 1.54) is 0 Å². The highest BCUT2D eigenvalue weighted by molar-refractivity contribution is 6.09. The number of aromatic nitrogens is 1. The Morgan fingerprint density at radius 1 is 1.07 bits per heavy atom. The standard InChI is InChI=1S/C22H19N3O4/c26-20(24-13-3-5-16-17(9-13)29-11-28-16)12-2-4-15-14(8-12)18-19(25-15)21(27)23-10-22(18)6-1-7-22/h2-5,8-9,25H,1,6-7,10-11H2,(H,23,27)(H,24,26). The predicted octanol–water partition coefficient (Wildman–Crippen LogP) is 3.31. The van der Waals surface area contributed by atoms with Crippen molar-refractivity contribution in [2.24, 2.45) is 0 Å². The van der Waals surface area contributed by atoms with Crippen LogP contribution < -0.4 is 20.1 Å². The Balaban J connectivity index is 1.37. The quantitative estimate of drug-likeness (QED) is 0.627. The number of anilines is 1. The van der Waals surface area contributed by atoms with Crippen molar-refractivity contribution in [2.75, 3.05) is 18.7 Å².